The molecule has 1 aliphatic heterocycles. The molecule has 2 fully saturated rings. The molecule has 1 saturated heterocycles. The average molecular weight is 261 g/mol. The summed E-state index contributed by atoms with van der Waals surface area (Å²) in [6.07, 6.45) is 4.46. The van der Waals surface area contributed by atoms with Crippen LogP contribution in [-0.2, 0) is 4.79 Å². The van der Waals surface area contributed by atoms with Crippen LogP contribution in [0.5, 0.6) is 0 Å². The van der Waals surface area contributed by atoms with Gasteiger partial charge in [0, 0.05) is 25.0 Å². The maximum Gasteiger partial charge on any atom is 0.226 e. The molecule has 1 N–H and O–H groups in total. The van der Waals surface area contributed by atoms with Gasteiger partial charge in [0.1, 0.15) is 0 Å². The van der Waals surface area contributed by atoms with E-state index in [1.807, 2.05) is 7.05 Å². The van der Waals surface area contributed by atoms with Crippen molar-refractivity contribution in [2.75, 3.05) is 20.1 Å². The largest absolute Gasteiger partial charge is 0.342 e. The molecule has 3 nitrogen and oxygen atoms in total. The molecule has 0 radical (unpaired) electrons. The second-order valence-corrected chi connectivity index (χ2v) is 5.65. The standard InChI is InChI=1S/C13H24N2O.ClH/c1-4-13(2)9-11(13)12(16)15-7-5-10(14-3)6-8-15;/h10-11,14H,4-9H2,1-3H3;1H. The summed E-state index contributed by atoms with van der Waals surface area (Å²) in [5.41, 5.74) is 0.316. The predicted octanol–water partition coefficient (Wildman–Crippen LogP) is 2.05. The van der Waals surface area contributed by atoms with Gasteiger partial charge in [0.15, 0.2) is 0 Å². The number of halogens is 1. The number of nitrogens with one attached hydrogen (secondary N) is 1. The molecule has 2 rings (SSSR count). The lowest BCUT2D eigenvalue weighted by molar-refractivity contribution is -0.134. The third-order valence-corrected chi connectivity index (χ3v) is 4.67. The fraction of sp³-hybridized carbons (Fsp3) is 0.923. The molecule has 4 heteroatoms. The summed E-state index contributed by atoms with van der Waals surface area (Å²) < 4.78 is 0. The van der Waals surface area contributed by atoms with Crippen LogP contribution in [0.1, 0.15) is 39.5 Å². The number of hydrogen-bond acceptors (Lipinski definition) is 2. The van der Waals surface area contributed by atoms with Crippen LogP contribution in [0.4, 0.5) is 0 Å². The molecular weight excluding hydrogens is 236 g/mol. The Morgan fingerprint density at radius 3 is 2.41 bits per heavy atom. The van der Waals surface area contributed by atoms with Gasteiger partial charge < -0.3 is 10.2 Å². The molecule has 0 bridgehead atoms. The summed E-state index contributed by atoms with van der Waals surface area (Å²) in [6, 6.07) is 0.612. The van der Waals surface area contributed by atoms with Gasteiger partial charge in [-0.3, -0.25) is 4.79 Å². The summed E-state index contributed by atoms with van der Waals surface area (Å²) >= 11 is 0. The summed E-state index contributed by atoms with van der Waals surface area (Å²) in [5.74, 6) is 0.738. The summed E-state index contributed by atoms with van der Waals surface area (Å²) in [7, 11) is 2.01. The van der Waals surface area contributed by atoms with Crippen LogP contribution in [0.25, 0.3) is 0 Å². The van der Waals surface area contributed by atoms with Gasteiger partial charge in [0.05, 0.1) is 0 Å². The van der Waals surface area contributed by atoms with Crippen molar-refractivity contribution >= 4 is 18.3 Å². The Labute approximate surface area is 111 Å². The van der Waals surface area contributed by atoms with Gasteiger partial charge in [-0.15, -0.1) is 12.4 Å². The minimum atomic E-state index is 0. The lowest BCUT2D eigenvalue weighted by Crippen LogP contribution is -2.44. The average Bonchev–Trinajstić information content (AvgIpc) is 3.02. The Balaban J connectivity index is 0.00000144. The first-order chi connectivity index (χ1) is 7.60. The van der Waals surface area contributed by atoms with Crippen LogP contribution in [0.3, 0.4) is 0 Å². The third-order valence-electron chi connectivity index (χ3n) is 4.67. The van der Waals surface area contributed by atoms with Crippen molar-refractivity contribution in [1.82, 2.24) is 10.2 Å². The van der Waals surface area contributed by atoms with E-state index in [1.54, 1.807) is 0 Å². The molecule has 2 aliphatic rings. The number of hydrogen-bond donors (Lipinski definition) is 1. The number of nitrogens with zero attached hydrogens (tertiary/aromatic N) is 1. The molecule has 17 heavy (non-hydrogen) atoms. The van der Waals surface area contributed by atoms with Crippen molar-refractivity contribution in [3.8, 4) is 0 Å². The normalized spacial score (nSPS) is 33.1. The number of rotatable bonds is 3. The lowest BCUT2D eigenvalue weighted by atomic mass is 10.0. The van der Waals surface area contributed by atoms with Crippen molar-refractivity contribution in [2.45, 2.75) is 45.6 Å². The van der Waals surface area contributed by atoms with Crippen molar-refractivity contribution in [3.05, 3.63) is 0 Å². The van der Waals surface area contributed by atoms with Gasteiger partial charge in [-0.25, -0.2) is 0 Å². The molecule has 1 amide bonds. The molecule has 0 aromatic heterocycles. The van der Waals surface area contributed by atoms with E-state index >= 15 is 0 Å². The van der Waals surface area contributed by atoms with Crippen LogP contribution in [0.2, 0.25) is 0 Å². The molecule has 100 valence electrons. The maximum atomic E-state index is 12.2. The molecule has 2 unspecified atom stereocenters. The Hall–Kier alpha value is -0.280. The zero-order valence-corrected chi connectivity index (χ0v) is 12.0. The fourth-order valence-corrected chi connectivity index (χ4v) is 2.79. The van der Waals surface area contributed by atoms with Crippen LogP contribution in [0.15, 0.2) is 0 Å². The Morgan fingerprint density at radius 1 is 1.41 bits per heavy atom. The quantitative estimate of drug-likeness (QED) is 0.843. The fourth-order valence-electron chi connectivity index (χ4n) is 2.79. The van der Waals surface area contributed by atoms with Gasteiger partial charge in [0.2, 0.25) is 5.91 Å². The summed E-state index contributed by atoms with van der Waals surface area (Å²) in [4.78, 5) is 14.3. The molecule has 0 aromatic rings. The highest BCUT2D eigenvalue weighted by molar-refractivity contribution is 5.85. The monoisotopic (exact) mass is 260 g/mol. The summed E-state index contributed by atoms with van der Waals surface area (Å²) in [5, 5.41) is 3.30. The predicted molar refractivity (Wildman–Crippen MR) is 72.4 cm³/mol. The van der Waals surface area contributed by atoms with Gasteiger partial charge in [-0.2, -0.15) is 0 Å². The maximum absolute atomic E-state index is 12.2. The highest BCUT2D eigenvalue weighted by Gasteiger charge is 2.54. The van der Waals surface area contributed by atoms with Crippen molar-refractivity contribution < 1.29 is 4.79 Å². The number of likely N-dealkylation sites (tertiary alicyclic amines) is 1. The number of carbonyl (C=O) groups excluding carboxylic acids is 1. The minimum absolute atomic E-state index is 0. The van der Waals surface area contributed by atoms with E-state index in [4.69, 9.17) is 0 Å². The molecular formula is C13H25ClN2O. The van der Waals surface area contributed by atoms with Crippen LogP contribution in [-0.4, -0.2) is 37.0 Å². The van der Waals surface area contributed by atoms with Gasteiger partial charge in [-0.05, 0) is 38.1 Å². The van der Waals surface area contributed by atoms with Crippen LogP contribution >= 0.6 is 12.4 Å². The first-order valence-corrected chi connectivity index (χ1v) is 6.57. The number of amides is 1. The Kier molecular flexibility index (Phi) is 4.85. The van der Waals surface area contributed by atoms with Crippen molar-refractivity contribution in [3.63, 3.8) is 0 Å². The molecule has 0 aromatic carbocycles. The first kappa shape index (κ1) is 14.8. The van der Waals surface area contributed by atoms with E-state index in [9.17, 15) is 4.79 Å². The van der Waals surface area contributed by atoms with Gasteiger partial charge >= 0.3 is 0 Å². The van der Waals surface area contributed by atoms with E-state index in [-0.39, 0.29) is 12.4 Å². The highest BCUT2D eigenvalue weighted by atomic mass is 35.5. The van der Waals surface area contributed by atoms with E-state index in [1.165, 1.54) is 0 Å². The molecule has 0 spiro atoms. The molecule has 1 heterocycles. The van der Waals surface area contributed by atoms with E-state index in [0.717, 1.165) is 38.8 Å². The minimum Gasteiger partial charge on any atom is -0.342 e. The lowest BCUT2D eigenvalue weighted by Gasteiger charge is -2.32. The Morgan fingerprint density at radius 2 is 2.00 bits per heavy atom. The van der Waals surface area contributed by atoms with Gasteiger partial charge in [-0.1, -0.05) is 13.8 Å². The second kappa shape index (κ2) is 5.57. The highest BCUT2D eigenvalue weighted by Crippen LogP contribution is 2.55. The molecule has 1 aliphatic carbocycles. The Bertz CT molecular complexity index is 277. The van der Waals surface area contributed by atoms with Gasteiger partial charge in [0.25, 0.3) is 0 Å². The number of piperidine rings is 1. The topological polar surface area (TPSA) is 32.3 Å². The zero-order valence-electron chi connectivity index (χ0n) is 11.2. The zero-order chi connectivity index (χ0) is 11.8. The number of carbonyl (C=O) groups is 1. The second-order valence-electron chi connectivity index (χ2n) is 5.65. The van der Waals surface area contributed by atoms with Crippen molar-refractivity contribution in [2.24, 2.45) is 11.3 Å². The third kappa shape index (κ3) is 2.94. The SMILES string of the molecule is CCC1(C)CC1C(=O)N1CCC(NC)CC1.Cl. The first-order valence-electron chi connectivity index (χ1n) is 6.57. The van der Waals surface area contributed by atoms with Crippen LogP contribution < -0.4 is 5.32 Å². The van der Waals surface area contributed by atoms with Crippen LogP contribution in [0, 0.1) is 11.3 Å². The van der Waals surface area contributed by atoms with Crippen molar-refractivity contribution in [1.29, 1.82) is 0 Å². The molecule has 1 saturated carbocycles. The smallest absolute Gasteiger partial charge is 0.226 e. The van der Waals surface area contributed by atoms with E-state index in [0.29, 0.717) is 23.3 Å². The summed E-state index contributed by atoms with van der Waals surface area (Å²) in [6.45, 7) is 6.33. The van der Waals surface area contributed by atoms with E-state index in [2.05, 4.69) is 24.1 Å². The molecule has 2 atom stereocenters. The van der Waals surface area contributed by atoms with E-state index < -0.39 is 0 Å².